The minimum atomic E-state index is -4.73. The van der Waals surface area contributed by atoms with Crippen molar-refractivity contribution in [2.75, 3.05) is 32.8 Å². The zero-order valence-electron chi connectivity index (χ0n) is 17.4. The Bertz CT molecular complexity index is 862. The minimum Gasteiger partial charge on any atom is -0.374 e. The van der Waals surface area contributed by atoms with Gasteiger partial charge in [-0.3, -0.25) is 9.69 Å². The highest BCUT2D eigenvalue weighted by Crippen LogP contribution is 2.33. The average Bonchev–Trinajstić information content (AvgIpc) is 3.12. The topological polar surface area (TPSA) is 59.4 Å². The molecule has 1 aromatic heterocycles. The Labute approximate surface area is 174 Å². The van der Waals surface area contributed by atoms with Crippen molar-refractivity contribution in [2.45, 2.75) is 33.1 Å². The predicted molar refractivity (Wildman–Crippen MR) is 107 cm³/mol. The lowest BCUT2D eigenvalue weighted by molar-refractivity contribution is -0.143. The van der Waals surface area contributed by atoms with Gasteiger partial charge >= 0.3 is 6.18 Å². The number of hydrogen-bond donors (Lipinski definition) is 1. The van der Waals surface area contributed by atoms with Crippen LogP contribution in [-0.4, -0.2) is 59.5 Å². The number of benzene rings is 1. The Hall–Kier alpha value is -2.39. The fraction of sp³-hybridized carbons (Fsp3) is 0.524. The molecule has 1 amide bonds. The Morgan fingerprint density at radius 1 is 1.30 bits per heavy atom. The molecule has 1 saturated heterocycles. The molecule has 0 spiro atoms. The maximum Gasteiger partial charge on any atom is 0.434 e. The zero-order chi connectivity index (χ0) is 21.9. The second-order valence-electron chi connectivity index (χ2n) is 8.01. The van der Waals surface area contributed by atoms with Gasteiger partial charge < -0.3 is 10.1 Å². The molecule has 0 aliphatic carbocycles. The van der Waals surface area contributed by atoms with E-state index in [9.17, 15) is 18.0 Å². The summed E-state index contributed by atoms with van der Waals surface area (Å²) in [5.41, 5.74) is -0.434. The van der Waals surface area contributed by atoms with Gasteiger partial charge in [-0.1, -0.05) is 31.5 Å². The monoisotopic (exact) mass is 424 g/mol. The lowest BCUT2D eigenvalue weighted by Gasteiger charge is -2.33. The van der Waals surface area contributed by atoms with Crippen molar-refractivity contribution in [3.8, 4) is 5.69 Å². The first-order valence-corrected chi connectivity index (χ1v) is 9.99. The minimum absolute atomic E-state index is 0.139. The van der Waals surface area contributed by atoms with Crippen LogP contribution in [0.1, 0.15) is 35.5 Å². The third-order valence-corrected chi connectivity index (χ3v) is 4.90. The molecule has 0 radical (unpaired) electrons. The number of aryl methyl sites for hydroxylation is 1. The van der Waals surface area contributed by atoms with Crippen molar-refractivity contribution < 1.29 is 22.7 Å². The summed E-state index contributed by atoms with van der Waals surface area (Å²) in [6.45, 7) is 9.11. The predicted octanol–water partition coefficient (Wildman–Crippen LogP) is 3.29. The number of amides is 1. The molecule has 3 rings (SSSR count). The van der Waals surface area contributed by atoms with Crippen LogP contribution in [0.3, 0.4) is 0 Å². The van der Waals surface area contributed by atoms with Crippen LogP contribution in [0.15, 0.2) is 30.5 Å². The summed E-state index contributed by atoms with van der Waals surface area (Å²) >= 11 is 0. The molecule has 0 saturated carbocycles. The van der Waals surface area contributed by atoms with Crippen molar-refractivity contribution in [3.05, 3.63) is 47.3 Å². The van der Waals surface area contributed by atoms with E-state index in [0.29, 0.717) is 19.1 Å². The molecule has 1 aliphatic heterocycles. The number of rotatable bonds is 6. The first-order valence-electron chi connectivity index (χ1n) is 9.99. The van der Waals surface area contributed by atoms with Gasteiger partial charge in [0.25, 0.3) is 5.91 Å². The van der Waals surface area contributed by atoms with Crippen molar-refractivity contribution in [1.29, 1.82) is 0 Å². The summed E-state index contributed by atoms with van der Waals surface area (Å²) < 4.78 is 47.7. The standard InChI is InChI=1S/C21H27F3N4O2/c1-14(2)12-27-8-9-30-17(13-27)10-25-20(29)18-11-26-28(19(18)21(22,23)24)16-6-4-15(3)5-7-16/h4-7,11,14,17H,8-10,12-13H2,1-3H3,(H,25,29). The normalized spacial score (nSPS) is 18.0. The second kappa shape index (κ2) is 9.18. The van der Waals surface area contributed by atoms with Crippen molar-refractivity contribution >= 4 is 5.91 Å². The first kappa shape index (κ1) is 22.3. The van der Waals surface area contributed by atoms with Gasteiger partial charge in [-0.2, -0.15) is 18.3 Å². The molecule has 0 bridgehead atoms. The fourth-order valence-corrected chi connectivity index (χ4v) is 3.56. The molecule has 1 aliphatic rings. The van der Waals surface area contributed by atoms with E-state index in [2.05, 4.69) is 29.2 Å². The number of nitrogens with one attached hydrogen (secondary N) is 1. The molecule has 2 heterocycles. The first-order chi connectivity index (χ1) is 14.1. The Kier molecular flexibility index (Phi) is 6.82. The van der Waals surface area contributed by atoms with E-state index >= 15 is 0 Å². The summed E-state index contributed by atoms with van der Waals surface area (Å²) in [5, 5.41) is 6.42. The van der Waals surface area contributed by atoms with E-state index in [1.54, 1.807) is 24.3 Å². The third kappa shape index (κ3) is 5.40. The number of ether oxygens (including phenoxy) is 1. The Morgan fingerprint density at radius 2 is 2.00 bits per heavy atom. The number of morpholine rings is 1. The highest BCUT2D eigenvalue weighted by molar-refractivity contribution is 5.95. The Morgan fingerprint density at radius 3 is 2.63 bits per heavy atom. The molecule has 2 aromatic rings. The molecule has 1 fully saturated rings. The molecule has 9 heteroatoms. The van der Waals surface area contributed by atoms with Crippen LogP contribution < -0.4 is 5.32 Å². The van der Waals surface area contributed by atoms with E-state index in [0.717, 1.165) is 29.5 Å². The van der Waals surface area contributed by atoms with E-state index in [-0.39, 0.29) is 18.3 Å². The molecule has 164 valence electrons. The number of hydrogen-bond acceptors (Lipinski definition) is 4. The lowest BCUT2D eigenvalue weighted by atomic mass is 10.1. The van der Waals surface area contributed by atoms with Gasteiger partial charge in [-0.25, -0.2) is 4.68 Å². The van der Waals surface area contributed by atoms with Crippen molar-refractivity contribution in [2.24, 2.45) is 5.92 Å². The quantitative estimate of drug-likeness (QED) is 0.773. The van der Waals surface area contributed by atoms with Gasteiger partial charge in [0.05, 0.1) is 30.2 Å². The molecule has 1 N–H and O–H groups in total. The average molecular weight is 424 g/mol. The van der Waals surface area contributed by atoms with Gasteiger partial charge in [-0.15, -0.1) is 0 Å². The maximum absolute atomic E-state index is 13.8. The number of halogens is 3. The third-order valence-electron chi connectivity index (χ3n) is 4.90. The molecule has 1 atom stereocenters. The van der Waals surface area contributed by atoms with E-state index < -0.39 is 23.3 Å². The molecular weight excluding hydrogens is 397 g/mol. The van der Waals surface area contributed by atoms with Gasteiger partial charge in [0.1, 0.15) is 0 Å². The number of alkyl halides is 3. The Balaban J connectivity index is 1.73. The molecule has 1 aromatic carbocycles. The van der Waals surface area contributed by atoms with Gasteiger partial charge in [0, 0.05) is 26.2 Å². The van der Waals surface area contributed by atoms with Crippen LogP contribution in [0, 0.1) is 12.8 Å². The van der Waals surface area contributed by atoms with Crippen LogP contribution in [0.25, 0.3) is 5.69 Å². The maximum atomic E-state index is 13.8. The van der Waals surface area contributed by atoms with Gasteiger partial charge in [-0.05, 0) is 25.0 Å². The largest absolute Gasteiger partial charge is 0.434 e. The molecule has 30 heavy (non-hydrogen) atoms. The number of carbonyl (C=O) groups is 1. The number of nitrogens with zero attached hydrogens (tertiary/aromatic N) is 3. The van der Waals surface area contributed by atoms with E-state index in [4.69, 9.17) is 4.74 Å². The summed E-state index contributed by atoms with van der Waals surface area (Å²) in [6.07, 6.45) is -4.03. The van der Waals surface area contributed by atoms with E-state index in [1.165, 1.54) is 0 Å². The molecule has 1 unspecified atom stereocenters. The highest BCUT2D eigenvalue weighted by Gasteiger charge is 2.40. The second-order valence-corrected chi connectivity index (χ2v) is 8.01. The van der Waals surface area contributed by atoms with Crippen LogP contribution in [0.5, 0.6) is 0 Å². The number of carbonyl (C=O) groups excluding carboxylic acids is 1. The van der Waals surface area contributed by atoms with Gasteiger partial charge in [0.2, 0.25) is 0 Å². The fourth-order valence-electron chi connectivity index (χ4n) is 3.56. The smallest absolute Gasteiger partial charge is 0.374 e. The van der Waals surface area contributed by atoms with Crippen LogP contribution in [-0.2, 0) is 10.9 Å². The van der Waals surface area contributed by atoms with Crippen molar-refractivity contribution in [1.82, 2.24) is 20.0 Å². The summed E-state index contributed by atoms with van der Waals surface area (Å²) in [5.74, 6) is -0.314. The van der Waals surface area contributed by atoms with Crippen molar-refractivity contribution in [3.63, 3.8) is 0 Å². The summed E-state index contributed by atoms with van der Waals surface area (Å²) in [7, 11) is 0. The lowest BCUT2D eigenvalue weighted by Crippen LogP contribution is -2.48. The molecule has 6 nitrogen and oxygen atoms in total. The van der Waals surface area contributed by atoms with E-state index in [1.807, 2.05) is 6.92 Å². The van der Waals surface area contributed by atoms with Crippen LogP contribution >= 0.6 is 0 Å². The summed E-state index contributed by atoms with van der Waals surface area (Å²) in [4.78, 5) is 14.8. The van der Waals surface area contributed by atoms with Crippen LogP contribution in [0.4, 0.5) is 13.2 Å². The zero-order valence-corrected chi connectivity index (χ0v) is 17.4. The summed E-state index contributed by atoms with van der Waals surface area (Å²) in [6, 6.07) is 6.47. The van der Waals surface area contributed by atoms with Gasteiger partial charge in [0.15, 0.2) is 5.69 Å². The molecular formula is C21H27F3N4O2. The number of aromatic nitrogens is 2. The highest BCUT2D eigenvalue weighted by atomic mass is 19.4. The van der Waals surface area contributed by atoms with Crippen LogP contribution in [0.2, 0.25) is 0 Å². The SMILES string of the molecule is Cc1ccc(-n2ncc(C(=O)NCC3CN(CC(C)C)CCO3)c2C(F)(F)F)cc1.